The van der Waals surface area contributed by atoms with E-state index >= 15 is 8.78 Å². The molecule has 0 bridgehead atoms. The number of hydrogen-bond acceptors (Lipinski definition) is 11. The SMILES string of the molecule is C=C=CCCCCNC(=O)CCCCC(F)(F)C(F)(F)OC(F)(F)C(F)(F)S(=O)(=O)OC1[C@H](OCC[Si](C)(C)C)OC2COC(C)(C)O[C@H]2[C@@H]1OCOCC. The Hall–Kier alpha value is -1.72. The molecule has 1 amide bonds. The highest BCUT2D eigenvalue weighted by molar-refractivity contribution is 7.87. The van der Waals surface area contributed by atoms with E-state index in [9.17, 15) is 39.6 Å². The molecule has 2 heterocycles. The summed E-state index contributed by atoms with van der Waals surface area (Å²) in [4.78, 5) is 11.9. The molecule has 2 unspecified atom stereocenters. The van der Waals surface area contributed by atoms with E-state index in [2.05, 4.69) is 26.5 Å². The summed E-state index contributed by atoms with van der Waals surface area (Å²) < 4.78 is 185. The number of carbonyl (C=O) groups excluding carboxylic acids is 1. The fraction of sp³-hybridized carbons (Fsp3) is 0.879. The first kappa shape index (κ1) is 49.4. The smallest absolute Gasteiger partial charge is 0.356 e. The van der Waals surface area contributed by atoms with Crippen LogP contribution in [0, 0.1) is 0 Å². The molecule has 0 aromatic heterocycles. The Kier molecular flexibility index (Phi) is 18.2. The van der Waals surface area contributed by atoms with Crippen LogP contribution in [0.15, 0.2) is 18.4 Å². The summed E-state index contributed by atoms with van der Waals surface area (Å²) in [5.74, 6) is -7.49. The fourth-order valence-electron chi connectivity index (χ4n) is 5.13. The number of rotatable bonds is 25. The van der Waals surface area contributed by atoms with Gasteiger partial charge >= 0.3 is 33.5 Å². The van der Waals surface area contributed by atoms with Gasteiger partial charge in [-0.05, 0) is 65.0 Å². The second kappa shape index (κ2) is 20.3. The molecule has 2 saturated heterocycles. The standard InChI is InChI=1S/C33H53F8NO11SSi/c1-8-10-11-12-15-18-42-24(43)16-13-14-17-30(34,35)31(36,37)53-32(38,39)33(40,41)54(44,45)52-27-26(48-22-46-9-2)25-23(21-49-29(3,4)51-25)50-28(27)47-19-20-55(5,6)7/h10,23,25-28H,1,9,11-22H2,2-7H3,(H,42,43)/t23?,25-,26+,27?,28-/m1/s1. The zero-order chi connectivity index (χ0) is 41.9. The van der Waals surface area contributed by atoms with Gasteiger partial charge in [-0.3, -0.25) is 8.98 Å². The van der Waals surface area contributed by atoms with Crippen molar-refractivity contribution in [1.29, 1.82) is 0 Å². The van der Waals surface area contributed by atoms with E-state index in [1.807, 2.05) is 19.6 Å². The van der Waals surface area contributed by atoms with Crippen molar-refractivity contribution in [2.45, 2.75) is 151 Å². The fourth-order valence-corrected chi connectivity index (χ4v) is 6.81. The number of fused-ring (bicyclic) bond motifs is 1. The monoisotopic (exact) mass is 851 g/mol. The van der Waals surface area contributed by atoms with Crippen LogP contribution in [0.5, 0.6) is 0 Å². The van der Waals surface area contributed by atoms with Crippen molar-refractivity contribution in [1.82, 2.24) is 5.32 Å². The molecule has 12 nitrogen and oxygen atoms in total. The minimum atomic E-state index is -7.09. The number of nitrogens with one attached hydrogen (secondary N) is 1. The average molecular weight is 852 g/mol. The summed E-state index contributed by atoms with van der Waals surface area (Å²) in [5.41, 5.74) is 2.57. The van der Waals surface area contributed by atoms with Crippen molar-refractivity contribution in [2.24, 2.45) is 0 Å². The highest BCUT2D eigenvalue weighted by Crippen LogP contribution is 2.49. The van der Waals surface area contributed by atoms with Crippen LogP contribution in [0.4, 0.5) is 35.1 Å². The molecule has 322 valence electrons. The van der Waals surface area contributed by atoms with Crippen molar-refractivity contribution in [3.63, 3.8) is 0 Å². The maximum absolute atomic E-state index is 15.3. The molecule has 0 aliphatic carbocycles. The molecule has 55 heavy (non-hydrogen) atoms. The normalized spacial score (nSPS) is 23.9. The van der Waals surface area contributed by atoms with Gasteiger partial charge in [-0.2, -0.15) is 43.5 Å². The topological polar surface area (TPSA) is 137 Å². The van der Waals surface area contributed by atoms with Crippen LogP contribution >= 0.6 is 0 Å². The number of halogens is 8. The molecule has 22 heteroatoms. The molecule has 2 fully saturated rings. The molecule has 0 aromatic rings. The third-order valence-corrected chi connectivity index (χ3v) is 11.3. The van der Waals surface area contributed by atoms with Gasteiger partial charge in [0.2, 0.25) is 5.91 Å². The molecular weight excluding hydrogens is 798 g/mol. The largest absolute Gasteiger partial charge is 0.460 e. The van der Waals surface area contributed by atoms with E-state index < -0.39 is 110 Å². The van der Waals surface area contributed by atoms with Gasteiger partial charge in [0.05, 0.1) is 6.61 Å². The maximum Gasteiger partial charge on any atom is 0.460 e. The summed E-state index contributed by atoms with van der Waals surface area (Å²) in [6.07, 6.45) is -21.6. The Morgan fingerprint density at radius 3 is 2.29 bits per heavy atom. The third kappa shape index (κ3) is 14.6. The lowest BCUT2D eigenvalue weighted by molar-refractivity contribution is -0.457. The zero-order valence-corrected chi connectivity index (χ0v) is 33.6. The lowest BCUT2D eigenvalue weighted by Gasteiger charge is -2.50. The van der Waals surface area contributed by atoms with Gasteiger partial charge in [0.15, 0.2) is 18.2 Å². The van der Waals surface area contributed by atoms with Crippen molar-refractivity contribution in [3.05, 3.63) is 18.4 Å². The number of allylic oxidation sites excluding steroid dienone is 1. The van der Waals surface area contributed by atoms with Gasteiger partial charge in [-0.25, -0.2) is 4.74 Å². The van der Waals surface area contributed by atoms with Crippen LogP contribution in [0.1, 0.15) is 65.7 Å². The first-order valence-corrected chi connectivity index (χ1v) is 22.9. The number of ether oxygens (including phenoxy) is 7. The third-order valence-electron chi connectivity index (χ3n) is 8.25. The Morgan fingerprint density at radius 1 is 1.00 bits per heavy atom. The van der Waals surface area contributed by atoms with E-state index in [0.717, 1.165) is 0 Å². The van der Waals surface area contributed by atoms with Gasteiger partial charge < -0.3 is 33.7 Å². The molecule has 0 saturated carbocycles. The van der Waals surface area contributed by atoms with Crippen LogP contribution in [-0.4, -0.2) is 115 Å². The van der Waals surface area contributed by atoms with Gasteiger partial charge in [0, 0.05) is 40.7 Å². The molecule has 0 aromatic carbocycles. The van der Waals surface area contributed by atoms with Crippen LogP contribution < -0.4 is 5.32 Å². The summed E-state index contributed by atoms with van der Waals surface area (Å²) in [5, 5.41) is -4.22. The zero-order valence-electron chi connectivity index (χ0n) is 31.8. The highest BCUT2D eigenvalue weighted by atomic mass is 32.2. The summed E-state index contributed by atoms with van der Waals surface area (Å²) in [6, 6.07) is 0.415. The van der Waals surface area contributed by atoms with Gasteiger partial charge in [-0.15, -0.1) is 5.73 Å². The number of carbonyl (C=O) groups is 1. The van der Waals surface area contributed by atoms with Gasteiger partial charge in [0.1, 0.15) is 25.1 Å². The van der Waals surface area contributed by atoms with E-state index in [1.165, 1.54) is 13.8 Å². The van der Waals surface area contributed by atoms with Crippen molar-refractivity contribution in [2.75, 3.05) is 33.2 Å². The molecule has 2 rings (SSSR count). The lowest BCUT2D eigenvalue weighted by atomic mass is 9.97. The van der Waals surface area contributed by atoms with Crippen LogP contribution in [0.25, 0.3) is 0 Å². The number of amides is 1. The quantitative estimate of drug-likeness (QED) is 0.0256. The first-order valence-electron chi connectivity index (χ1n) is 17.8. The van der Waals surface area contributed by atoms with E-state index in [0.29, 0.717) is 25.3 Å². The molecule has 1 N–H and O–H groups in total. The van der Waals surface area contributed by atoms with Crippen LogP contribution in [0.3, 0.4) is 0 Å². The first-order chi connectivity index (χ1) is 25.2. The Balaban J connectivity index is 2.25. The maximum atomic E-state index is 15.3. The predicted molar refractivity (Wildman–Crippen MR) is 183 cm³/mol. The van der Waals surface area contributed by atoms with Crippen molar-refractivity contribution >= 4 is 24.1 Å². The highest BCUT2D eigenvalue weighted by Gasteiger charge is 2.75. The van der Waals surface area contributed by atoms with Crippen molar-refractivity contribution in [3.8, 4) is 0 Å². The Bertz CT molecular complexity index is 1380. The Labute approximate surface area is 317 Å². The number of alkyl halides is 8. The molecule has 2 aliphatic rings. The minimum absolute atomic E-state index is 0.0534. The lowest BCUT2D eigenvalue weighted by Crippen LogP contribution is -2.67. The van der Waals surface area contributed by atoms with Gasteiger partial charge in [-0.1, -0.05) is 26.2 Å². The van der Waals surface area contributed by atoms with E-state index in [-0.39, 0.29) is 32.8 Å². The summed E-state index contributed by atoms with van der Waals surface area (Å²) >= 11 is 0. The van der Waals surface area contributed by atoms with E-state index in [4.69, 9.17) is 28.4 Å². The Morgan fingerprint density at radius 2 is 1.67 bits per heavy atom. The molecule has 5 atom stereocenters. The summed E-state index contributed by atoms with van der Waals surface area (Å²) in [6.45, 7) is 13.0. The molecule has 0 radical (unpaired) electrons. The summed E-state index contributed by atoms with van der Waals surface area (Å²) in [7, 11) is -8.95. The second-order valence-corrected chi connectivity index (χ2v) is 21.8. The second-order valence-electron chi connectivity index (χ2n) is 14.6. The van der Waals surface area contributed by atoms with Gasteiger partial charge in [0.25, 0.3) is 0 Å². The number of hydrogen-bond donors (Lipinski definition) is 1. The van der Waals surface area contributed by atoms with Crippen molar-refractivity contribution < 1.29 is 85.7 Å². The predicted octanol–water partition coefficient (Wildman–Crippen LogP) is 6.93. The minimum Gasteiger partial charge on any atom is -0.356 e. The van der Waals surface area contributed by atoms with Crippen LogP contribution in [0.2, 0.25) is 25.7 Å². The average Bonchev–Trinajstić information content (AvgIpc) is 3.04. The molecular formula is C33H53F8NO11SSi. The molecule has 2 aliphatic heterocycles. The van der Waals surface area contributed by atoms with Crippen LogP contribution in [-0.2, 0) is 52.3 Å². The van der Waals surface area contributed by atoms with E-state index in [1.54, 1.807) is 13.0 Å². The molecule has 0 spiro atoms. The number of unbranched alkanes of at least 4 members (excludes halogenated alkanes) is 3.